The number of ether oxygens (including phenoxy) is 1. The van der Waals surface area contributed by atoms with Gasteiger partial charge in [-0.1, -0.05) is 15.9 Å². The molecule has 2 rings (SSSR count). The van der Waals surface area contributed by atoms with Crippen LogP contribution in [0.3, 0.4) is 0 Å². The van der Waals surface area contributed by atoms with Gasteiger partial charge in [0.05, 0.1) is 18.2 Å². The average Bonchev–Trinajstić information content (AvgIpc) is 2.75. The SMILES string of the molecule is COC(=O)c1c(NC(=O)c2cc(Br)ccc2F)sc(C)c1C. The number of carbonyl (C=O) groups excluding carboxylic acids is 2. The molecule has 116 valence electrons. The van der Waals surface area contributed by atoms with Crippen LogP contribution in [0.4, 0.5) is 9.39 Å². The fourth-order valence-electron chi connectivity index (χ4n) is 1.90. The molecule has 0 saturated carbocycles. The van der Waals surface area contributed by atoms with Gasteiger partial charge in [-0.15, -0.1) is 11.3 Å². The molecule has 0 unspecified atom stereocenters. The molecule has 2 aromatic rings. The Morgan fingerprint density at radius 2 is 2.00 bits per heavy atom. The standard InChI is InChI=1S/C15H13BrFNO3S/c1-7-8(2)22-14(12(7)15(20)21-3)18-13(19)10-6-9(16)4-5-11(10)17/h4-6H,1-3H3,(H,18,19). The van der Waals surface area contributed by atoms with Gasteiger partial charge in [0.15, 0.2) is 0 Å². The van der Waals surface area contributed by atoms with Crippen LogP contribution < -0.4 is 5.32 Å². The molecular formula is C15H13BrFNO3S. The van der Waals surface area contributed by atoms with E-state index < -0.39 is 17.7 Å². The second-order valence-corrected chi connectivity index (χ2v) is 6.70. The topological polar surface area (TPSA) is 55.4 Å². The first-order chi connectivity index (χ1) is 10.3. The lowest BCUT2D eigenvalue weighted by Crippen LogP contribution is -2.15. The highest BCUT2D eigenvalue weighted by molar-refractivity contribution is 9.10. The zero-order valence-electron chi connectivity index (χ0n) is 12.1. The minimum atomic E-state index is -0.634. The molecule has 1 N–H and O–H groups in total. The van der Waals surface area contributed by atoms with E-state index in [9.17, 15) is 14.0 Å². The van der Waals surface area contributed by atoms with Gasteiger partial charge in [-0.25, -0.2) is 9.18 Å². The van der Waals surface area contributed by atoms with Crippen LogP contribution in [0.15, 0.2) is 22.7 Å². The first-order valence-electron chi connectivity index (χ1n) is 6.29. The molecule has 1 aromatic carbocycles. The molecule has 1 heterocycles. The fraction of sp³-hybridized carbons (Fsp3) is 0.200. The van der Waals surface area contributed by atoms with Crippen molar-refractivity contribution in [3.8, 4) is 0 Å². The van der Waals surface area contributed by atoms with Gasteiger partial charge in [0, 0.05) is 9.35 Å². The molecule has 0 aliphatic rings. The Bertz CT molecular complexity index is 757. The average molecular weight is 386 g/mol. The van der Waals surface area contributed by atoms with Gasteiger partial charge < -0.3 is 10.1 Å². The summed E-state index contributed by atoms with van der Waals surface area (Å²) in [5.41, 5.74) is 0.935. The van der Waals surface area contributed by atoms with Crippen molar-refractivity contribution in [3.63, 3.8) is 0 Å². The normalized spacial score (nSPS) is 10.4. The summed E-state index contributed by atoms with van der Waals surface area (Å²) in [5.74, 6) is -1.79. The highest BCUT2D eigenvalue weighted by Crippen LogP contribution is 2.33. The van der Waals surface area contributed by atoms with Crippen molar-refractivity contribution in [1.82, 2.24) is 0 Å². The zero-order valence-corrected chi connectivity index (χ0v) is 14.5. The van der Waals surface area contributed by atoms with Gasteiger partial charge in [-0.3, -0.25) is 4.79 Å². The smallest absolute Gasteiger partial charge is 0.341 e. The number of esters is 1. The van der Waals surface area contributed by atoms with Gasteiger partial charge in [0.2, 0.25) is 0 Å². The fourth-order valence-corrected chi connectivity index (χ4v) is 3.31. The van der Waals surface area contributed by atoms with Crippen LogP contribution in [-0.2, 0) is 4.74 Å². The summed E-state index contributed by atoms with van der Waals surface area (Å²) >= 11 is 4.45. The number of nitrogens with one attached hydrogen (secondary N) is 1. The van der Waals surface area contributed by atoms with E-state index in [0.29, 0.717) is 15.0 Å². The van der Waals surface area contributed by atoms with Crippen LogP contribution in [0.5, 0.6) is 0 Å². The van der Waals surface area contributed by atoms with Crippen molar-refractivity contribution < 1.29 is 18.7 Å². The summed E-state index contributed by atoms with van der Waals surface area (Å²) in [4.78, 5) is 25.0. The molecule has 22 heavy (non-hydrogen) atoms. The van der Waals surface area contributed by atoms with E-state index in [1.807, 2.05) is 6.92 Å². The highest BCUT2D eigenvalue weighted by atomic mass is 79.9. The molecule has 0 aliphatic heterocycles. The maximum absolute atomic E-state index is 13.8. The number of rotatable bonds is 3. The van der Waals surface area contributed by atoms with E-state index in [1.54, 1.807) is 6.92 Å². The van der Waals surface area contributed by atoms with Gasteiger partial charge >= 0.3 is 5.97 Å². The minimum Gasteiger partial charge on any atom is -0.465 e. The molecular weight excluding hydrogens is 373 g/mol. The summed E-state index contributed by atoms with van der Waals surface area (Å²) in [6, 6.07) is 4.09. The van der Waals surface area contributed by atoms with Crippen molar-refractivity contribution >= 4 is 44.1 Å². The number of aryl methyl sites for hydroxylation is 1. The highest BCUT2D eigenvalue weighted by Gasteiger charge is 2.23. The number of amides is 1. The number of methoxy groups -OCH3 is 1. The predicted octanol–water partition coefficient (Wildman–Crippen LogP) is 4.31. The van der Waals surface area contributed by atoms with E-state index in [2.05, 4.69) is 21.2 Å². The first kappa shape index (κ1) is 16.6. The number of halogens is 2. The van der Waals surface area contributed by atoms with Crippen LogP contribution >= 0.6 is 27.3 Å². The van der Waals surface area contributed by atoms with Gasteiger partial charge in [0.25, 0.3) is 5.91 Å². The third-order valence-corrected chi connectivity index (χ3v) is 4.79. The van der Waals surface area contributed by atoms with Crippen LogP contribution in [0.1, 0.15) is 31.2 Å². The maximum Gasteiger partial charge on any atom is 0.341 e. The summed E-state index contributed by atoms with van der Waals surface area (Å²) < 4.78 is 19.1. The van der Waals surface area contributed by atoms with Gasteiger partial charge in [-0.2, -0.15) is 0 Å². The lowest BCUT2D eigenvalue weighted by atomic mass is 10.1. The molecule has 0 spiro atoms. The largest absolute Gasteiger partial charge is 0.465 e. The lowest BCUT2D eigenvalue weighted by Gasteiger charge is -2.07. The molecule has 1 amide bonds. The molecule has 4 nitrogen and oxygen atoms in total. The van der Waals surface area contributed by atoms with E-state index in [4.69, 9.17) is 4.74 Å². The Kier molecular flexibility index (Phi) is 4.97. The molecule has 1 aromatic heterocycles. The second-order valence-electron chi connectivity index (χ2n) is 4.56. The number of thiophene rings is 1. The van der Waals surface area contributed by atoms with Crippen molar-refractivity contribution in [1.29, 1.82) is 0 Å². The third-order valence-electron chi connectivity index (χ3n) is 3.17. The van der Waals surface area contributed by atoms with Gasteiger partial charge in [-0.05, 0) is 37.6 Å². The van der Waals surface area contributed by atoms with Crippen molar-refractivity contribution in [2.45, 2.75) is 13.8 Å². The quantitative estimate of drug-likeness (QED) is 0.801. The summed E-state index contributed by atoms with van der Waals surface area (Å²) in [6.45, 7) is 3.61. The van der Waals surface area contributed by atoms with Crippen molar-refractivity contribution in [2.75, 3.05) is 12.4 Å². The first-order valence-corrected chi connectivity index (χ1v) is 7.90. The predicted molar refractivity (Wildman–Crippen MR) is 87.2 cm³/mol. The van der Waals surface area contributed by atoms with Crippen LogP contribution in [-0.4, -0.2) is 19.0 Å². The Morgan fingerprint density at radius 1 is 1.32 bits per heavy atom. The molecule has 0 radical (unpaired) electrons. The maximum atomic E-state index is 13.8. The van der Waals surface area contributed by atoms with E-state index >= 15 is 0 Å². The number of carbonyl (C=O) groups is 2. The summed E-state index contributed by atoms with van der Waals surface area (Å²) in [6.07, 6.45) is 0. The minimum absolute atomic E-state index is 0.103. The number of anilines is 1. The summed E-state index contributed by atoms with van der Waals surface area (Å²) in [5, 5.41) is 2.94. The third kappa shape index (κ3) is 3.20. The van der Waals surface area contributed by atoms with Crippen molar-refractivity contribution in [3.05, 3.63) is 50.1 Å². The monoisotopic (exact) mass is 385 g/mol. The Labute approximate surface area is 139 Å². The molecule has 0 atom stereocenters. The van der Waals surface area contributed by atoms with Crippen LogP contribution in [0.25, 0.3) is 0 Å². The zero-order chi connectivity index (χ0) is 16.4. The second kappa shape index (κ2) is 6.58. The van der Waals surface area contributed by atoms with Crippen molar-refractivity contribution in [2.24, 2.45) is 0 Å². The molecule has 0 fully saturated rings. The van der Waals surface area contributed by atoms with Crippen LogP contribution in [0.2, 0.25) is 0 Å². The van der Waals surface area contributed by atoms with E-state index in [-0.39, 0.29) is 5.56 Å². The molecule has 0 aliphatic carbocycles. The number of benzene rings is 1. The Morgan fingerprint density at radius 3 is 2.64 bits per heavy atom. The molecule has 7 heteroatoms. The summed E-state index contributed by atoms with van der Waals surface area (Å²) in [7, 11) is 1.27. The Hall–Kier alpha value is -1.73. The van der Waals surface area contributed by atoms with E-state index in [1.165, 1.54) is 36.6 Å². The Balaban J connectivity index is 2.39. The van der Waals surface area contributed by atoms with Crippen LogP contribution in [0, 0.1) is 19.7 Å². The van der Waals surface area contributed by atoms with Gasteiger partial charge in [0.1, 0.15) is 10.8 Å². The number of hydrogen-bond acceptors (Lipinski definition) is 4. The molecule has 0 saturated heterocycles. The van der Waals surface area contributed by atoms with E-state index in [0.717, 1.165) is 10.4 Å². The number of hydrogen-bond donors (Lipinski definition) is 1. The lowest BCUT2D eigenvalue weighted by molar-refractivity contribution is 0.0601. The molecule has 0 bridgehead atoms.